The minimum Gasteiger partial charge on any atom is -0.494 e. The van der Waals surface area contributed by atoms with Crippen molar-refractivity contribution < 1.29 is 40.9 Å². The van der Waals surface area contributed by atoms with Crippen LogP contribution in [0, 0.1) is 0 Å². The lowest BCUT2D eigenvalue weighted by atomic mass is 9.98. The van der Waals surface area contributed by atoms with Gasteiger partial charge in [0.25, 0.3) is 27.5 Å². The maximum absolute atomic E-state index is 12.8. The Morgan fingerprint density at radius 1 is 0.865 bits per heavy atom. The van der Waals surface area contributed by atoms with E-state index < -0.39 is 89.7 Å². The molecule has 4 rings (SSSR count). The highest BCUT2D eigenvalue weighted by Crippen LogP contribution is 2.36. The van der Waals surface area contributed by atoms with Gasteiger partial charge in [-0.1, -0.05) is 6.07 Å². The summed E-state index contributed by atoms with van der Waals surface area (Å²) in [6, 6.07) is 2.14. The number of urea groups is 1. The number of aliphatic imine (C=N–C) groups is 1. The zero-order valence-corrected chi connectivity index (χ0v) is 19.8. The molecule has 2 aliphatic heterocycles. The van der Waals surface area contributed by atoms with Gasteiger partial charge in [-0.05, 0) is 18.6 Å². The third kappa shape index (κ3) is 4.97. The van der Waals surface area contributed by atoms with Gasteiger partial charge in [0.2, 0.25) is 5.88 Å². The van der Waals surface area contributed by atoms with Crippen LogP contribution in [0.2, 0.25) is 0 Å². The Kier molecular flexibility index (Phi) is 6.18. The van der Waals surface area contributed by atoms with E-state index in [2.05, 4.69) is 4.99 Å². The molecule has 0 unspecified atom stereocenters. The highest BCUT2D eigenvalue weighted by molar-refractivity contribution is 7.91. The smallest absolute Gasteiger partial charge is 0.328 e. The zero-order valence-electron chi connectivity index (χ0n) is 18.2. The first-order valence-electron chi connectivity index (χ1n) is 10.1. The third-order valence-corrected chi connectivity index (χ3v) is 7.81. The second-order valence-corrected chi connectivity index (χ2v) is 11.4. The first-order valence-corrected chi connectivity index (χ1v) is 13.3. The number of nitrogens with one attached hydrogen (secondary N) is 4. The van der Waals surface area contributed by atoms with Crippen LogP contribution in [0.4, 0.5) is 4.79 Å². The van der Waals surface area contributed by atoms with Gasteiger partial charge < -0.3 is 5.11 Å². The minimum atomic E-state index is -4.41. The first kappa shape index (κ1) is 25.7. The largest absolute Gasteiger partial charge is 0.494 e. The number of aromatic amines is 2. The molecule has 0 atom stereocenters. The molecule has 18 heteroatoms. The minimum absolute atomic E-state index is 0.0356. The van der Waals surface area contributed by atoms with E-state index in [1.165, 1.54) is 0 Å². The second kappa shape index (κ2) is 8.91. The molecule has 2 aliphatic rings. The number of hydrogen-bond donors (Lipinski definition) is 6. The number of imide groups is 2. The van der Waals surface area contributed by atoms with Gasteiger partial charge in [-0.3, -0.25) is 39.5 Å². The number of H-pyrrole nitrogens is 2. The van der Waals surface area contributed by atoms with Crippen LogP contribution in [-0.4, -0.2) is 71.5 Å². The lowest BCUT2D eigenvalue weighted by molar-refractivity contribution is -0.123. The Hall–Kier alpha value is -4.42. The first-order chi connectivity index (χ1) is 17.2. The van der Waals surface area contributed by atoms with Crippen molar-refractivity contribution in [2.24, 2.45) is 4.99 Å². The number of sulfone groups is 1. The number of benzene rings is 1. The predicted molar refractivity (Wildman–Crippen MR) is 123 cm³/mol. The normalized spacial score (nSPS) is 15.8. The summed E-state index contributed by atoms with van der Waals surface area (Å²) in [4.78, 5) is 67.8. The van der Waals surface area contributed by atoms with E-state index in [0.29, 0.717) is 0 Å². The van der Waals surface area contributed by atoms with E-state index in [-0.39, 0.29) is 21.7 Å². The lowest BCUT2D eigenvalue weighted by Crippen LogP contribution is -2.51. The van der Waals surface area contributed by atoms with Crippen LogP contribution in [0.15, 0.2) is 43.2 Å². The Bertz CT molecular complexity index is 1780. The molecule has 4 amide bonds. The van der Waals surface area contributed by atoms with Crippen LogP contribution < -0.4 is 21.9 Å². The summed E-state index contributed by atoms with van der Waals surface area (Å²) in [6.07, 6.45) is -0.441. The molecule has 0 aliphatic carbocycles. The maximum Gasteiger partial charge on any atom is 0.328 e. The molecule has 6 N–H and O–H groups in total. The SMILES string of the molecule is O=C1NC(=O)C(=C2N=C(c3c(O)[nH]c(=O)[nH]c3=O)c3cc(S(=O)(=O)CCCS(=O)(=O)O)ccc32)C(=O)N1. The topological polar surface area (TPSA) is 262 Å². The zero-order chi connectivity index (χ0) is 27.3. The summed E-state index contributed by atoms with van der Waals surface area (Å²) in [5.41, 5.74) is -4.44. The second-order valence-electron chi connectivity index (χ2n) is 7.72. The summed E-state index contributed by atoms with van der Waals surface area (Å²) in [7, 11) is -8.58. The molecule has 0 spiro atoms. The fraction of sp³-hybridized carbons (Fsp3) is 0.158. The number of nitrogens with zero attached hydrogens (tertiary/aromatic N) is 1. The molecule has 0 bridgehead atoms. The summed E-state index contributed by atoms with van der Waals surface area (Å²) >= 11 is 0. The highest BCUT2D eigenvalue weighted by atomic mass is 32.2. The number of aromatic nitrogens is 2. The van der Waals surface area contributed by atoms with Crippen molar-refractivity contribution in [1.29, 1.82) is 0 Å². The van der Waals surface area contributed by atoms with E-state index >= 15 is 0 Å². The van der Waals surface area contributed by atoms with E-state index in [1.807, 2.05) is 20.6 Å². The molecule has 2 aromatic rings. The molecule has 1 aromatic carbocycles. The highest BCUT2D eigenvalue weighted by Gasteiger charge is 2.37. The molecule has 0 radical (unpaired) electrons. The summed E-state index contributed by atoms with van der Waals surface area (Å²) in [5.74, 6) is -4.73. The summed E-state index contributed by atoms with van der Waals surface area (Å²) in [5, 5.41) is 14.0. The van der Waals surface area contributed by atoms with Crippen molar-refractivity contribution in [2.45, 2.75) is 11.3 Å². The Morgan fingerprint density at radius 3 is 2.11 bits per heavy atom. The Labute approximate surface area is 205 Å². The monoisotopic (exact) mass is 553 g/mol. The van der Waals surface area contributed by atoms with Crippen molar-refractivity contribution in [2.75, 3.05) is 11.5 Å². The van der Waals surface area contributed by atoms with E-state index in [9.17, 15) is 45.9 Å². The van der Waals surface area contributed by atoms with Gasteiger partial charge >= 0.3 is 11.7 Å². The van der Waals surface area contributed by atoms with Crippen molar-refractivity contribution in [3.05, 3.63) is 61.3 Å². The fourth-order valence-electron chi connectivity index (χ4n) is 3.66. The summed E-state index contributed by atoms with van der Waals surface area (Å²) < 4.78 is 56.3. The van der Waals surface area contributed by atoms with Crippen molar-refractivity contribution >= 4 is 49.2 Å². The van der Waals surface area contributed by atoms with Crippen molar-refractivity contribution in [3.8, 4) is 5.88 Å². The quantitative estimate of drug-likeness (QED) is 0.126. The van der Waals surface area contributed by atoms with Gasteiger partial charge in [-0.2, -0.15) is 8.42 Å². The van der Waals surface area contributed by atoms with Gasteiger partial charge in [0.1, 0.15) is 11.1 Å². The van der Waals surface area contributed by atoms with E-state index in [4.69, 9.17) is 4.55 Å². The van der Waals surface area contributed by atoms with Crippen LogP contribution in [0.25, 0.3) is 5.70 Å². The number of fused-ring (bicyclic) bond motifs is 1. The van der Waals surface area contributed by atoms with Crippen molar-refractivity contribution in [3.63, 3.8) is 0 Å². The number of barbiturate groups is 1. The average molecular weight is 553 g/mol. The van der Waals surface area contributed by atoms with Gasteiger partial charge in [-0.15, -0.1) is 0 Å². The number of aromatic hydroxyl groups is 1. The fourth-order valence-corrected chi connectivity index (χ4v) is 5.68. The third-order valence-electron chi connectivity index (χ3n) is 5.20. The number of hydrogen-bond acceptors (Lipinski definition) is 11. The molecule has 3 heterocycles. The van der Waals surface area contributed by atoms with Gasteiger partial charge in [0.15, 0.2) is 9.84 Å². The standard InChI is InChI=1S/C19H15N5O11S2/c25-14-10(15(26)22-18(29)21-14)12-8-3-2-7(36(31,32)4-1-5-37(33,34)35)6-9(8)13(20-12)11-16(27)23-19(30)24-17(11)28/h2-3,6H,1,4-5H2,(H,33,34,35)(H2,21,22,25,26,29)(H3,23,24,27,28,30). The number of carbonyl (C=O) groups excluding carboxylic acids is 3. The average Bonchev–Trinajstić information content (AvgIpc) is 3.09. The van der Waals surface area contributed by atoms with Crippen LogP contribution >= 0.6 is 0 Å². The van der Waals surface area contributed by atoms with Gasteiger partial charge in [0, 0.05) is 11.1 Å². The van der Waals surface area contributed by atoms with Crippen LogP contribution in [-0.2, 0) is 29.5 Å². The number of carbonyl (C=O) groups is 3. The Balaban J connectivity index is 1.92. The number of amides is 4. The molecule has 194 valence electrons. The van der Waals surface area contributed by atoms with E-state index in [1.54, 1.807) is 0 Å². The molecule has 1 aromatic heterocycles. The molecule has 37 heavy (non-hydrogen) atoms. The summed E-state index contributed by atoms with van der Waals surface area (Å²) in [6.45, 7) is 0. The predicted octanol–water partition coefficient (Wildman–Crippen LogP) is -2.25. The molecule has 0 saturated carbocycles. The molecule has 16 nitrogen and oxygen atoms in total. The maximum atomic E-state index is 12.8. The molecular weight excluding hydrogens is 538 g/mol. The molecular formula is C19H15N5O11S2. The van der Waals surface area contributed by atoms with Gasteiger partial charge in [0.05, 0.1) is 27.8 Å². The van der Waals surface area contributed by atoms with Crippen LogP contribution in [0.1, 0.15) is 23.1 Å². The van der Waals surface area contributed by atoms with Crippen molar-refractivity contribution in [1.82, 2.24) is 20.6 Å². The van der Waals surface area contributed by atoms with Crippen LogP contribution in [0.5, 0.6) is 5.88 Å². The van der Waals surface area contributed by atoms with Crippen LogP contribution in [0.3, 0.4) is 0 Å². The molecule has 1 saturated heterocycles. The lowest BCUT2D eigenvalue weighted by Gasteiger charge is -2.15. The Morgan fingerprint density at radius 2 is 1.51 bits per heavy atom. The number of rotatable bonds is 6. The van der Waals surface area contributed by atoms with Gasteiger partial charge in [-0.25, -0.2) is 23.0 Å². The molecule has 1 fully saturated rings. The van der Waals surface area contributed by atoms with E-state index in [0.717, 1.165) is 18.2 Å².